The summed E-state index contributed by atoms with van der Waals surface area (Å²) in [5.41, 5.74) is 0.140. The number of benzene rings is 2. The van der Waals surface area contributed by atoms with Crippen LogP contribution in [0.3, 0.4) is 0 Å². The molecule has 0 aliphatic rings. The summed E-state index contributed by atoms with van der Waals surface area (Å²) in [6.45, 7) is 1.73. The minimum absolute atomic E-state index is 0.0288. The molecule has 1 heterocycles. The first-order valence-electron chi connectivity index (χ1n) is 8.66. The number of halogens is 3. The zero-order valence-corrected chi connectivity index (χ0v) is 16.0. The summed E-state index contributed by atoms with van der Waals surface area (Å²) in [5.74, 6) is -1.46. The van der Waals surface area contributed by atoms with Crippen LogP contribution in [-0.4, -0.2) is 21.8 Å². The standard InChI is InChI=1S/C20H16ClF2N3O3/c1-2-17(20(28)24-16-8-5-13(23)11-15(16)21)29-18-9-10-19(27)26(25-18)14-6-3-12(22)4-7-14/h3-11,17H,2H2,1H3,(H,24,28)/t17-/m1/s1. The van der Waals surface area contributed by atoms with E-state index in [1.165, 1.54) is 48.5 Å². The van der Waals surface area contributed by atoms with Crippen LogP contribution < -0.4 is 15.6 Å². The lowest BCUT2D eigenvalue weighted by atomic mass is 10.2. The Hall–Kier alpha value is -3.26. The van der Waals surface area contributed by atoms with E-state index in [1.54, 1.807) is 6.92 Å². The molecule has 0 spiro atoms. The molecule has 0 aliphatic carbocycles. The van der Waals surface area contributed by atoms with Gasteiger partial charge < -0.3 is 10.1 Å². The minimum atomic E-state index is -0.942. The van der Waals surface area contributed by atoms with Gasteiger partial charge in [0.1, 0.15) is 11.6 Å². The molecule has 1 aromatic heterocycles. The number of nitrogens with zero attached hydrogens (tertiary/aromatic N) is 2. The average molecular weight is 420 g/mol. The normalized spacial score (nSPS) is 11.7. The first-order valence-corrected chi connectivity index (χ1v) is 9.04. The monoisotopic (exact) mass is 419 g/mol. The third-order valence-corrected chi connectivity index (χ3v) is 4.27. The fourth-order valence-corrected chi connectivity index (χ4v) is 2.71. The van der Waals surface area contributed by atoms with Crippen molar-refractivity contribution in [2.75, 3.05) is 5.32 Å². The van der Waals surface area contributed by atoms with Crippen molar-refractivity contribution in [3.05, 3.63) is 81.6 Å². The van der Waals surface area contributed by atoms with Crippen LogP contribution in [-0.2, 0) is 4.79 Å². The van der Waals surface area contributed by atoms with Gasteiger partial charge in [0.05, 0.1) is 16.4 Å². The molecule has 1 amide bonds. The van der Waals surface area contributed by atoms with E-state index in [4.69, 9.17) is 16.3 Å². The smallest absolute Gasteiger partial charge is 0.271 e. The molecule has 150 valence electrons. The minimum Gasteiger partial charge on any atom is -0.463 e. The third-order valence-electron chi connectivity index (χ3n) is 3.96. The molecule has 6 nitrogen and oxygen atoms in total. The van der Waals surface area contributed by atoms with Crippen molar-refractivity contribution in [1.82, 2.24) is 9.78 Å². The molecule has 3 aromatic rings. The zero-order chi connectivity index (χ0) is 21.0. The highest BCUT2D eigenvalue weighted by Crippen LogP contribution is 2.23. The largest absolute Gasteiger partial charge is 0.463 e. The van der Waals surface area contributed by atoms with Crippen LogP contribution in [0.1, 0.15) is 13.3 Å². The maximum absolute atomic E-state index is 13.2. The van der Waals surface area contributed by atoms with E-state index in [0.29, 0.717) is 12.1 Å². The highest BCUT2D eigenvalue weighted by atomic mass is 35.5. The fourth-order valence-electron chi connectivity index (χ4n) is 2.50. The predicted octanol–water partition coefficient (Wildman–Crippen LogP) is 3.96. The number of carbonyl (C=O) groups excluding carboxylic acids is 1. The number of carbonyl (C=O) groups is 1. The molecule has 29 heavy (non-hydrogen) atoms. The summed E-state index contributed by atoms with van der Waals surface area (Å²) in [7, 11) is 0. The summed E-state index contributed by atoms with van der Waals surface area (Å²) in [5, 5.41) is 6.71. The van der Waals surface area contributed by atoms with E-state index >= 15 is 0 Å². The molecule has 0 aliphatic heterocycles. The van der Waals surface area contributed by atoms with Crippen LogP contribution in [0.2, 0.25) is 5.02 Å². The van der Waals surface area contributed by atoms with Gasteiger partial charge in [0, 0.05) is 12.1 Å². The van der Waals surface area contributed by atoms with Crippen molar-refractivity contribution in [2.24, 2.45) is 0 Å². The van der Waals surface area contributed by atoms with E-state index in [-0.39, 0.29) is 16.6 Å². The van der Waals surface area contributed by atoms with Crippen molar-refractivity contribution in [3.63, 3.8) is 0 Å². The molecule has 0 bridgehead atoms. The maximum Gasteiger partial charge on any atom is 0.271 e. The van der Waals surface area contributed by atoms with Crippen molar-refractivity contribution in [1.29, 1.82) is 0 Å². The summed E-state index contributed by atoms with van der Waals surface area (Å²) < 4.78 is 32.9. The van der Waals surface area contributed by atoms with Crippen LogP contribution in [0.4, 0.5) is 14.5 Å². The molecule has 0 unspecified atom stereocenters. The van der Waals surface area contributed by atoms with Crippen molar-refractivity contribution in [2.45, 2.75) is 19.4 Å². The van der Waals surface area contributed by atoms with E-state index in [1.807, 2.05) is 0 Å². The van der Waals surface area contributed by atoms with Gasteiger partial charge in [-0.2, -0.15) is 4.68 Å². The highest BCUT2D eigenvalue weighted by molar-refractivity contribution is 6.33. The highest BCUT2D eigenvalue weighted by Gasteiger charge is 2.21. The number of anilines is 1. The Morgan fingerprint density at radius 3 is 2.48 bits per heavy atom. The quantitative estimate of drug-likeness (QED) is 0.656. The SMILES string of the molecule is CC[C@@H](Oc1ccc(=O)n(-c2ccc(F)cc2)n1)C(=O)Nc1ccc(F)cc1Cl. The summed E-state index contributed by atoms with van der Waals surface area (Å²) in [6.07, 6.45) is -0.648. The Labute approximate surface area is 169 Å². The number of aromatic nitrogens is 2. The molecule has 0 saturated heterocycles. The van der Waals surface area contributed by atoms with Crippen molar-refractivity contribution >= 4 is 23.2 Å². The second-order valence-corrected chi connectivity index (χ2v) is 6.43. The maximum atomic E-state index is 13.2. The van der Waals surface area contributed by atoms with Crippen molar-refractivity contribution < 1.29 is 18.3 Å². The molecule has 9 heteroatoms. The van der Waals surface area contributed by atoms with E-state index < -0.39 is 29.2 Å². The average Bonchev–Trinajstić information content (AvgIpc) is 2.70. The molecular formula is C20H16ClF2N3O3. The molecule has 1 atom stereocenters. The molecular weight excluding hydrogens is 404 g/mol. The van der Waals surface area contributed by atoms with E-state index in [2.05, 4.69) is 10.4 Å². The lowest BCUT2D eigenvalue weighted by Gasteiger charge is -2.17. The van der Waals surface area contributed by atoms with E-state index in [0.717, 1.165) is 10.7 Å². The lowest BCUT2D eigenvalue weighted by molar-refractivity contribution is -0.123. The van der Waals surface area contributed by atoms with Crippen LogP contribution in [0, 0.1) is 11.6 Å². The summed E-state index contributed by atoms with van der Waals surface area (Å²) in [6, 6.07) is 11.4. The molecule has 1 N–H and O–H groups in total. The number of ether oxygens (including phenoxy) is 1. The van der Waals surface area contributed by atoms with Crippen molar-refractivity contribution in [3.8, 4) is 11.6 Å². The third kappa shape index (κ3) is 4.97. The Bertz CT molecular complexity index is 1090. The first-order chi connectivity index (χ1) is 13.9. The lowest BCUT2D eigenvalue weighted by Crippen LogP contribution is -2.33. The number of nitrogens with one attached hydrogen (secondary N) is 1. The molecule has 0 fully saturated rings. The van der Waals surface area contributed by atoms with Gasteiger partial charge in [-0.3, -0.25) is 9.59 Å². The molecule has 3 rings (SSSR count). The fraction of sp³-hybridized carbons (Fsp3) is 0.150. The Balaban J connectivity index is 1.79. The van der Waals surface area contributed by atoms with E-state index in [9.17, 15) is 18.4 Å². The summed E-state index contributed by atoms with van der Waals surface area (Å²) in [4.78, 5) is 24.6. The van der Waals surface area contributed by atoms with Crippen LogP contribution in [0.5, 0.6) is 5.88 Å². The Morgan fingerprint density at radius 2 is 1.83 bits per heavy atom. The number of rotatable bonds is 6. The second-order valence-electron chi connectivity index (χ2n) is 6.03. The van der Waals surface area contributed by atoms with Gasteiger partial charge in [0.15, 0.2) is 6.10 Å². The predicted molar refractivity (Wildman–Crippen MR) is 105 cm³/mol. The molecule has 2 aromatic carbocycles. The Kier molecular flexibility index (Phi) is 6.23. The van der Waals surface area contributed by atoms with Gasteiger partial charge in [-0.05, 0) is 48.9 Å². The van der Waals surface area contributed by atoms with Gasteiger partial charge >= 0.3 is 0 Å². The zero-order valence-electron chi connectivity index (χ0n) is 15.2. The van der Waals surface area contributed by atoms with Crippen LogP contribution in [0.15, 0.2) is 59.4 Å². The first kappa shape index (κ1) is 20.5. The number of hydrogen-bond acceptors (Lipinski definition) is 4. The molecule has 0 radical (unpaired) electrons. The van der Waals surface area contributed by atoms with Gasteiger partial charge in [-0.15, -0.1) is 5.10 Å². The Morgan fingerprint density at radius 1 is 1.14 bits per heavy atom. The van der Waals surface area contributed by atoms with Crippen LogP contribution >= 0.6 is 11.6 Å². The number of hydrogen-bond donors (Lipinski definition) is 1. The van der Waals surface area contributed by atoms with Gasteiger partial charge in [0.25, 0.3) is 11.5 Å². The van der Waals surface area contributed by atoms with Crippen LogP contribution in [0.25, 0.3) is 5.69 Å². The van der Waals surface area contributed by atoms with Gasteiger partial charge in [-0.25, -0.2) is 8.78 Å². The second kappa shape index (κ2) is 8.83. The number of amides is 1. The van der Waals surface area contributed by atoms with Gasteiger partial charge in [-0.1, -0.05) is 18.5 Å². The molecule has 0 saturated carbocycles. The topological polar surface area (TPSA) is 73.2 Å². The van der Waals surface area contributed by atoms with Gasteiger partial charge in [0.2, 0.25) is 5.88 Å². The summed E-state index contributed by atoms with van der Waals surface area (Å²) >= 11 is 5.93.